The van der Waals surface area contributed by atoms with E-state index in [9.17, 15) is 9.90 Å². The summed E-state index contributed by atoms with van der Waals surface area (Å²) in [5.41, 5.74) is 1.24. The second-order valence-corrected chi connectivity index (χ2v) is 7.20. The molecule has 0 heterocycles. The van der Waals surface area contributed by atoms with E-state index in [2.05, 4.69) is 38.1 Å². The molecule has 2 rings (SSSR count). The van der Waals surface area contributed by atoms with E-state index in [-0.39, 0.29) is 11.2 Å². The van der Waals surface area contributed by atoms with Crippen LogP contribution in [0.4, 0.5) is 0 Å². The number of carboxylic acids is 1. The second kappa shape index (κ2) is 7.16. The monoisotopic (exact) mass is 292 g/mol. The van der Waals surface area contributed by atoms with Gasteiger partial charge in [0.2, 0.25) is 0 Å². The highest BCUT2D eigenvalue weighted by atomic mass is 32.2. The van der Waals surface area contributed by atoms with Crippen LogP contribution < -0.4 is 0 Å². The van der Waals surface area contributed by atoms with E-state index >= 15 is 0 Å². The Hall–Kier alpha value is -0.960. The third-order valence-electron chi connectivity index (χ3n) is 4.19. The number of aliphatic carboxylic acids is 1. The molecule has 1 saturated carbocycles. The number of carbonyl (C=O) groups is 1. The van der Waals surface area contributed by atoms with E-state index < -0.39 is 5.97 Å². The molecule has 1 aromatic carbocycles. The standard InChI is InChI=1S/C17H24O2S/c1-3-5-13-8-9-15(17(18)19)16(11-13)20-14-7-4-6-12(2)10-14/h4,6-7,10,13,15-16H,3,5,8-9,11H2,1-2H3,(H,18,19). The Bertz CT molecular complexity index is 458. The highest BCUT2D eigenvalue weighted by Gasteiger charge is 2.35. The maximum Gasteiger partial charge on any atom is 0.307 e. The van der Waals surface area contributed by atoms with Crippen LogP contribution in [0, 0.1) is 18.8 Å². The summed E-state index contributed by atoms with van der Waals surface area (Å²) in [7, 11) is 0. The van der Waals surface area contributed by atoms with E-state index in [0.717, 1.165) is 19.3 Å². The molecule has 3 heteroatoms. The fraction of sp³-hybridized carbons (Fsp3) is 0.588. The minimum Gasteiger partial charge on any atom is -0.481 e. The lowest BCUT2D eigenvalue weighted by Crippen LogP contribution is -2.32. The van der Waals surface area contributed by atoms with E-state index in [1.54, 1.807) is 11.8 Å². The third kappa shape index (κ3) is 4.02. The zero-order valence-electron chi connectivity index (χ0n) is 12.3. The van der Waals surface area contributed by atoms with Crippen LogP contribution in [0.2, 0.25) is 0 Å². The molecule has 1 aromatic rings. The molecule has 0 spiro atoms. The van der Waals surface area contributed by atoms with Gasteiger partial charge in [-0.1, -0.05) is 37.5 Å². The molecule has 1 fully saturated rings. The fourth-order valence-electron chi connectivity index (χ4n) is 3.16. The van der Waals surface area contributed by atoms with Crippen molar-refractivity contribution in [1.82, 2.24) is 0 Å². The van der Waals surface area contributed by atoms with Crippen molar-refractivity contribution in [2.75, 3.05) is 0 Å². The van der Waals surface area contributed by atoms with Crippen LogP contribution in [0.25, 0.3) is 0 Å². The van der Waals surface area contributed by atoms with Gasteiger partial charge in [0.25, 0.3) is 0 Å². The van der Waals surface area contributed by atoms with E-state index in [1.807, 2.05) is 0 Å². The van der Waals surface area contributed by atoms with E-state index in [0.29, 0.717) is 5.92 Å². The summed E-state index contributed by atoms with van der Waals surface area (Å²) in [6, 6.07) is 8.40. The molecule has 1 aliphatic rings. The average Bonchev–Trinajstić information content (AvgIpc) is 2.39. The molecule has 0 aromatic heterocycles. The lowest BCUT2D eigenvalue weighted by molar-refractivity contribution is -0.142. The third-order valence-corrected chi connectivity index (χ3v) is 5.54. The van der Waals surface area contributed by atoms with Gasteiger partial charge in [-0.2, -0.15) is 0 Å². The Kier molecular flexibility index (Phi) is 5.53. The largest absolute Gasteiger partial charge is 0.481 e. The summed E-state index contributed by atoms with van der Waals surface area (Å²) in [5.74, 6) is -0.100. The minimum atomic E-state index is -0.620. The summed E-state index contributed by atoms with van der Waals surface area (Å²) < 4.78 is 0. The summed E-state index contributed by atoms with van der Waals surface area (Å²) in [4.78, 5) is 12.7. The van der Waals surface area contributed by atoms with E-state index in [4.69, 9.17) is 0 Å². The molecule has 0 amide bonds. The minimum absolute atomic E-state index is 0.186. The highest BCUT2D eigenvalue weighted by molar-refractivity contribution is 8.00. The van der Waals surface area contributed by atoms with E-state index in [1.165, 1.54) is 23.3 Å². The van der Waals surface area contributed by atoms with Gasteiger partial charge in [-0.25, -0.2) is 0 Å². The Morgan fingerprint density at radius 3 is 2.85 bits per heavy atom. The smallest absolute Gasteiger partial charge is 0.307 e. The zero-order chi connectivity index (χ0) is 14.5. The molecule has 110 valence electrons. The summed E-state index contributed by atoms with van der Waals surface area (Å²) >= 11 is 1.76. The Morgan fingerprint density at radius 2 is 2.20 bits per heavy atom. The van der Waals surface area contributed by atoms with Crippen molar-refractivity contribution in [3.05, 3.63) is 29.8 Å². The van der Waals surface area contributed by atoms with Crippen molar-refractivity contribution in [2.24, 2.45) is 11.8 Å². The van der Waals surface area contributed by atoms with Gasteiger partial charge in [-0.15, -0.1) is 11.8 Å². The first kappa shape index (κ1) is 15.4. The maximum atomic E-state index is 11.5. The Labute approximate surface area is 126 Å². The predicted octanol–water partition coefficient (Wildman–Crippen LogP) is 4.76. The van der Waals surface area contributed by atoms with Gasteiger partial charge in [0, 0.05) is 10.1 Å². The number of carboxylic acid groups (broad SMARTS) is 1. The number of aryl methyl sites for hydroxylation is 1. The SMILES string of the molecule is CCCC1CCC(C(=O)O)C(Sc2cccc(C)c2)C1. The highest BCUT2D eigenvalue weighted by Crippen LogP contribution is 2.41. The lowest BCUT2D eigenvalue weighted by atomic mass is 9.80. The molecular weight excluding hydrogens is 268 g/mol. The number of thioether (sulfide) groups is 1. The number of benzene rings is 1. The number of hydrogen-bond donors (Lipinski definition) is 1. The van der Waals surface area contributed by atoms with Crippen molar-refractivity contribution in [3.63, 3.8) is 0 Å². The number of rotatable bonds is 5. The molecule has 3 unspecified atom stereocenters. The summed E-state index contributed by atoms with van der Waals surface area (Å²) in [6.45, 7) is 4.30. The van der Waals surface area contributed by atoms with Crippen molar-refractivity contribution in [3.8, 4) is 0 Å². The van der Waals surface area contributed by atoms with Crippen molar-refractivity contribution in [1.29, 1.82) is 0 Å². The van der Waals surface area contributed by atoms with Crippen LogP contribution >= 0.6 is 11.8 Å². The van der Waals surface area contributed by atoms with Crippen LogP contribution in [0.1, 0.15) is 44.6 Å². The van der Waals surface area contributed by atoms with Crippen molar-refractivity contribution >= 4 is 17.7 Å². The molecule has 0 bridgehead atoms. The first-order chi connectivity index (χ1) is 9.60. The average molecular weight is 292 g/mol. The van der Waals surface area contributed by atoms with Crippen LogP contribution in [0.3, 0.4) is 0 Å². The molecule has 0 saturated heterocycles. The van der Waals surface area contributed by atoms with Gasteiger partial charge in [-0.05, 0) is 44.2 Å². The van der Waals surface area contributed by atoms with Crippen molar-refractivity contribution in [2.45, 2.75) is 56.1 Å². The van der Waals surface area contributed by atoms with Crippen LogP contribution in [0.15, 0.2) is 29.2 Å². The van der Waals surface area contributed by atoms with Crippen LogP contribution in [-0.4, -0.2) is 16.3 Å². The van der Waals surface area contributed by atoms with Gasteiger partial charge >= 0.3 is 5.97 Å². The van der Waals surface area contributed by atoms with Gasteiger partial charge in [0.15, 0.2) is 0 Å². The Morgan fingerprint density at radius 1 is 1.40 bits per heavy atom. The predicted molar refractivity (Wildman–Crippen MR) is 84.2 cm³/mol. The first-order valence-electron chi connectivity index (χ1n) is 7.56. The van der Waals surface area contributed by atoms with Crippen LogP contribution in [-0.2, 0) is 4.79 Å². The molecule has 0 aliphatic heterocycles. The van der Waals surface area contributed by atoms with Gasteiger partial charge in [0.05, 0.1) is 5.92 Å². The molecule has 1 aliphatic carbocycles. The van der Waals surface area contributed by atoms with Gasteiger partial charge in [-0.3, -0.25) is 4.79 Å². The topological polar surface area (TPSA) is 37.3 Å². The molecule has 20 heavy (non-hydrogen) atoms. The molecule has 1 N–H and O–H groups in total. The molecule has 2 nitrogen and oxygen atoms in total. The van der Waals surface area contributed by atoms with Gasteiger partial charge in [0.1, 0.15) is 0 Å². The molecule has 3 atom stereocenters. The van der Waals surface area contributed by atoms with Crippen LogP contribution in [0.5, 0.6) is 0 Å². The van der Waals surface area contributed by atoms with Crippen molar-refractivity contribution < 1.29 is 9.90 Å². The normalized spacial score (nSPS) is 26.4. The quantitative estimate of drug-likeness (QED) is 0.850. The molecule has 0 radical (unpaired) electrons. The second-order valence-electron chi connectivity index (χ2n) is 5.89. The summed E-state index contributed by atoms with van der Waals surface area (Å²) in [6.07, 6.45) is 5.39. The first-order valence-corrected chi connectivity index (χ1v) is 8.44. The molecular formula is C17H24O2S. The Balaban J connectivity index is 2.08. The zero-order valence-corrected chi connectivity index (χ0v) is 13.2. The maximum absolute atomic E-state index is 11.5. The fourth-order valence-corrected chi connectivity index (χ4v) is 4.70. The van der Waals surface area contributed by atoms with Gasteiger partial charge < -0.3 is 5.11 Å². The number of hydrogen-bond acceptors (Lipinski definition) is 2. The lowest BCUT2D eigenvalue weighted by Gasteiger charge is -2.33. The summed E-state index contributed by atoms with van der Waals surface area (Å²) in [5, 5.41) is 9.67.